The Hall–Kier alpha value is -2.02. The number of hydrogen-bond acceptors (Lipinski definition) is 5. The summed E-state index contributed by atoms with van der Waals surface area (Å²) < 4.78 is 10.2. The second kappa shape index (κ2) is 9.02. The van der Waals surface area contributed by atoms with Gasteiger partial charge in [-0.2, -0.15) is 0 Å². The van der Waals surface area contributed by atoms with Crippen LogP contribution in [-0.4, -0.2) is 37.1 Å². The normalized spacial score (nSPS) is 9.62. The van der Waals surface area contributed by atoms with Crippen molar-refractivity contribution >= 4 is 7.69 Å². The van der Waals surface area contributed by atoms with Crippen LogP contribution in [0.1, 0.15) is 17.2 Å². The van der Waals surface area contributed by atoms with E-state index in [4.69, 9.17) is 19.5 Å². The van der Waals surface area contributed by atoms with Gasteiger partial charge in [0.2, 0.25) is 0 Å². The molecule has 0 spiro atoms. The van der Waals surface area contributed by atoms with Gasteiger partial charge in [0.25, 0.3) is 0 Å². The molecule has 0 atom stereocenters. The van der Waals surface area contributed by atoms with Crippen LogP contribution < -0.4 is 9.47 Å². The Kier molecular flexibility index (Phi) is 7.32. The topological polar surface area (TPSA) is 79.2 Å². The van der Waals surface area contributed by atoms with Crippen molar-refractivity contribution in [2.45, 2.75) is 6.10 Å². The number of aliphatic hydroxyl groups excluding tert-OH is 1. The van der Waals surface area contributed by atoms with Crippen LogP contribution in [0, 0.1) is 0 Å². The van der Waals surface area contributed by atoms with Crippen LogP contribution in [0.4, 0.5) is 0 Å². The minimum absolute atomic E-state index is 0. The van der Waals surface area contributed by atoms with Gasteiger partial charge >= 0.3 is 7.69 Å². The number of benzene rings is 2. The van der Waals surface area contributed by atoms with Gasteiger partial charge in [-0.15, -0.1) is 0 Å². The maximum absolute atomic E-state index is 10.2. The highest BCUT2D eigenvalue weighted by atomic mass is 16.5. The summed E-state index contributed by atoms with van der Waals surface area (Å²) in [6.45, 7) is 0. The van der Waals surface area contributed by atoms with Crippen molar-refractivity contribution in [3.8, 4) is 11.5 Å². The molecule has 0 fully saturated rings. The van der Waals surface area contributed by atoms with Crippen LogP contribution in [-0.2, 0) is 0 Å². The molecule has 0 bridgehead atoms. The zero-order valence-electron chi connectivity index (χ0n) is 11.9. The van der Waals surface area contributed by atoms with Gasteiger partial charge in [0, 0.05) is 0 Å². The van der Waals surface area contributed by atoms with E-state index < -0.39 is 6.10 Å². The maximum Gasteiger partial charge on any atom is 0.482 e. The molecule has 5 nitrogen and oxygen atoms in total. The summed E-state index contributed by atoms with van der Waals surface area (Å²) in [6.07, 6.45) is -0.637. The van der Waals surface area contributed by atoms with E-state index in [0.717, 1.165) is 22.6 Å². The summed E-state index contributed by atoms with van der Waals surface area (Å²) >= 11 is 0. The Morgan fingerprint density at radius 1 is 0.762 bits per heavy atom. The Bertz CT molecular complexity index is 465. The molecule has 2 aromatic carbocycles. The Morgan fingerprint density at radius 2 is 1.05 bits per heavy atom. The van der Waals surface area contributed by atoms with Crippen LogP contribution in [0.2, 0.25) is 0 Å². The molecule has 0 aromatic heterocycles. The molecular weight excluding hydrogens is 271 g/mol. The average molecular weight is 289 g/mol. The fourth-order valence-corrected chi connectivity index (χ4v) is 1.76. The lowest BCUT2D eigenvalue weighted by molar-refractivity contribution is 0.220. The zero-order valence-corrected chi connectivity index (χ0v) is 11.9. The lowest BCUT2D eigenvalue weighted by Crippen LogP contribution is -1.99. The summed E-state index contributed by atoms with van der Waals surface area (Å²) in [7, 11) is 3.24. The Balaban J connectivity index is 0.000000677. The smallest absolute Gasteiger partial charge is 0.482 e. The molecule has 6 heteroatoms. The lowest BCUT2D eigenvalue weighted by Gasteiger charge is -2.12. The van der Waals surface area contributed by atoms with Gasteiger partial charge in [-0.25, -0.2) is 0 Å². The summed E-state index contributed by atoms with van der Waals surface area (Å²) in [4.78, 5) is 0. The molecule has 0 aliphatic rings. The number of rotatable bonds is 4. The first-order valence-corrected chi connectivity index (χ1v) is 6.22. The molecule has 0 aliphatic heterocycles. The second-order valence-corrected chi connectivity index (χ2v) is 4.06. The largest absolute Gasteiger partial charge is 0.497 e. The maximum atomic E-state index is 10.2. The van der Waals surface area contributed by atoms with E-state index in [1.54, 1.807) is 14.2 Å². The van der Waals surface area contributed by atoms with Gasteiger partial charge in [0.1, 0.15) is 17.6 Å². The lowest BCUT2D eigenvalue weighted by atomic mass is 10.0. The summed E-state index contributed by atoms with van der Waals surface area (Å²) in [5.41, 5.74) is 1.67. The number of methoxy groups -OCH3 is 2. The monoisotopic (exact) mass is 289 g/mol. The van der Waals surface area contributed by atoms with Gasteiger partial charge in [0.15, 0.2) is 0 Å². The number of hydrogen-bond donors (Lipinski definition) is 3. The van der Waals surface area contributed by atoms with Crippen molar-refractivity contribution in [3.63, 3.8) is 0 Å². The van der Waals surface area contributed by atoms with E-state index in [0.29, 0.717) is 0 Å². The van der Waals surface area contributed by atoms with Gasteiger partial charge < -0.3 is 24.6 Å². The molecule has 0 saturated heterocycles. The van der Waals surface area contributed by atoms with Crippen molar-refractivity contribution in [1.29, 1.82) is 0 Å². The van der Waals surface area contributed by atoms with E-state index >= 15 is 0 Å². The predicted molar refractivity (Wildman–Crippen MR) is 80.2 cm³/mol. The first-order chi connectivity index (χ1) is 10.2. The number of ether oxygens (including phenoxy) is 2. The van der Waals surface area contributed by atoms with Crippen molar-refractivity contribution in [1.82, 2.24) is 0 Å². The van der Waals surface area contributed by atoms with E-state index in [9.17, 15) is 5.11 Å². The Labute approximate surface area is 124 Å². The molecule has 0 unspecified atom stereocenters. The molecule has 3 N–H and O–H groups in total. The highest BCUT2D eigenvalue weighted by Crippen LogP contribution is 2.25. The summed E-state index contributed by atoms with van der Waals surface area (Å²) in [6, 6.07) is 14.8. The molecule has 1 radical (unpaired) electrons. The zero-order chi connectivity index (χ0) is 15.7. The van der Waals surface area contributed by atoms with E-state index in [2.05, 4.69) is 0 Å². The van der Waals surface area contributed by atoms with Crippen molar-refractivity contribution in [3.05, 3.63) is 59.7 Å². The van der Waals surface area contributed by atoms with Crippen molar-refractivity contribution in [2.75, 3.05) is 14.2 Å². The first-order valence-electron chi connectivity index (χ1n) is 6.22. The standard InChI is InChI=1S/C15H16O3.BH2O2/c1-17-13-7-3-11(4-8-13)15(16)12-5-9-14(18-2)10-6-12;2-1-3/h3-10,15-16H,1-2H3;2-3H. The molecule has 2 aromatic rings. The quantitative estimate of drug-likeness (QED) is 0.739. The van der Waals surface area contributed by atoms with Gasteiger partial charge in [-0.1, -0.05) is 24.3 Å². The van der Waals surface area contributed by atoms with Crippen LogP contribution in [0.15, 0.2) is 48.5 Å². The van der Waals surface area contributed by atoms with Crippen LogP contribution in [0.3, 0.4) is 0 Å². The minimum Gasteiger partial charge on any atom is -0.497 e. The Morgan fingerprint density at radius 3 is 1.29 bits per heavy atom. The predicted octanol–water partition coefficient (Wildman–Crippen LogP) is 1.29. The average Bonchev–Trinajstić information content (AvgIpc) is 2.55. The highest BCUT2D eigenvalue weighted by Gasteiger charge is 2.10. The molecule has 0 aliphatic carbocycles. The molecule has 2 rings (SSSR count). The van der Waals surface area contributed by atoms with Crippen LogP contribution in [0.25, 0.3) is 0 Å². The summed E-state index contributed by atoms with van der Waals surface area (Å²) in [5.74, 6) is 1.56. The van der Waals surface area contributed by atoms with Gasteiger partial charge in [-0.3, -0.25) is 0 Å². The van der Waals surface area contributed by atoms with E-state index in [1.165, 1.54) is 0 Å². The first kappa shape index (κ1) is 17.0. The molecular formula is C15H18BO5. The molecule has 0 amide bonds. The molecule has 21 heavy (non-hydrogen) atoms. The van der Waals surface area contributed by atoms with Crippen molar-refractivity contribution < 1.29 is 24.6 Å². The highest BCUT2D eigenvalue weighted by molar-refractivity contribution is 6.13. The van der Waals surface area contributed by atoms with Crippen LogP contribution >= 0.6 is 0 Å². The minimum atomic E-state index is -0.637. The second-order valence-electron chi connectivity index (χ2n) is 4.06. The summed E-state index contributed by atoms with van der Waals surface area (Å²) in [5, 5.41) is 24.2. The fourth-order valence-electron chi connectivity index (χ4n) is 1.76. The third-order valence-corrected chi connectivity index (χ3v) is 2.86. The van der Waals surface area contributed by atoms with Crippen LogP contribution in [0.5, 0.6) is 11.5 Å². The van der Waals surface area contributed by atoms with E-state index in [-0.39, 0.29) is 7.69 Å². The van der Waals surface area contributed by atoms with Gasteiger partial charge in [-0.05, 0) is 35.4 Å². The van der Waals surface area contributed by atoms with Crippen molar-refractivity contribution in [2.24, 2.45) is 0 Å². The SMILES string of the molecule is COc1ccc(C(O)c2ccc(OC)cc2)cc1.O[B]O. The molecule has 111 valence electrons. The third kappa shape index (κ3) is 5.11. The van der Waals surface area contributed by atoms with Gasteiger partial charge in [0.05, 0.1) is 14.2 Å². The van der Waals surface area contributed by atoms with E-state index in [1.807, 2.05) is 48.5 Å². The molecule has 0 saturated carbocycles. The third-order valence-electron chi connectivity index (χ3n) is 2.86. The number of aliphatic hydroxyl groups is 1. The molecule has 0 heterocycles. The fraction of sp³-hybridized carbons (Fsp3) is 0.200.